The molecule has 0 unspecified atom stereocenters. The smallest absolute Gasteiger partial charge is 0.249 e. The van der Waals surface area contributed by atoms with Crippen molar-refractivity contribution in [2.45, 2.75) is 32.2 Å². The second-order valence-electron chi connectivity index (χ2n) is 5.88. The van der Waals surface area contributed by atoms with Crippen molar-refractivity contribution in [3.8, 4) is 0 Å². The van der Waals surface area contributed by atoms with E-state index in [0.29, 0.717) is 21.6 Å². The van der Waals surface area contributed by atoms with E-state index in [4.69, 9.17) is 23.2 Å². The van der Waals surface area contributed by atoms with E-state index < -0.39 is 11.9 Å². The predicted molar refractivity (Wildman–Crippen MR) is 101 cm³/mol. The van der Waals surface area contributed by atoms with Crippen LogP contribution in [0.15, 0.2) is 24.4 Å². The highest BCUT2D eigenvalue weighted by Gasteiger charge is 2.36. The van der Waals surface area contributed by atoms with Crippen LogP contribution in [-0.2, 0) is 20.8 Å². The zero-order chi connectivity index (χ0) is 18.8. The second-order valence-corrected chi connectivity index (χ2v) is 7.81. The van der Waals surface area contributed by atoms with E-state index in [1.807, 2.05) is 6.07 Å². The largest absolute Gasteiger partial charge is 0.300 e. The van der Waals surface area contributed by atoms with Crippen molar-refractivity contribution in [3.05, 3.63) is 44.9 Å². The molecular formula is C17H15Cl2N3O3S. The predicted octanol–water partition coefficient (Wildman–Crippen LogP) is 3.52. The van der Waals surface area contributed by atoms with Gasteiger partial charge in [-0.1, -0.05) is 29.3 Å². The summed E-state index contributed by atoms with van der Waals surface area (Å²) in [5, 5.41) is 4.05. The molecule has 136 valence electrons. The van der Waals surface area contributed by atoms with Gasteiger partial charge in [0.15, 0.2) is 5.13 Å². The van der Waals surface area contributed by atoms with E-state index in [0.717, 1.165) is 15.3 Å². The molecule has 3 rings (SSSR count). The first kappa shape index (κ1) is 18.8. The lowest BCUT2D eigenvalue weighted by molar-refractivity contribution is -0.144. The number of nitrogens with zero attached hydrogens (tertiary/aromatic N) is 2. The summed E-state index contributed by atoms with van der Waals surface area (Å²) >= 11 is 13.2. The monoisotopic (exact) mass is 411 g/mol. The second kappa shape index (κ2) is 7.73. The Labute approximate surface area is 164 Å². The number of carbonyl (C=O) groups excluding carboxylic acids is 3. The Morgan fingerprint density at radius 1 is 1.27 bits per heavy atom. The van der Waals surface area contributed by atoms with Crippen LogP contribution >= 0.6 is 34.5 Å². The Morgan fingerprint density at radius 2 is 1.96 bits per heavy atom. The number of nitrogens with one attached hydrogen (secondary N) is 1. The van der Waals surface area contributed by atoms with Crippen LogP contribution in [0.3, 0.4) is 0 Å². The zero-order valence-corrected chi connectivity index (χ0v) is 16.1. The number of carbonyl (C=O) groups is 3. The van der Waals surface area contributed by atoms with Gasteiger partial charge in [-0.05, 0) is 24.6 Å². The summed E-state index contributed by atoms with van der Waals surface area (Å²) < 4.78 is 0. The van der Waals surface area contributed by atoms with Crippen LogP contribution < -0.4 is 5.32 Å². The van der Waals surface area contributed by atoms with Gasteiger partial charge in [-0.25, -0.2) is 4.98 Å². The number of amides is 3. The third-order valence-electron chi connectivity index (χ3n) is 4.00. The minimum absolute atomic E-state index is 0.154. The van der Waals surface area contributed by atoms with Crippen molar-refractivity contribution in [1.29, 1.82) is 0 Å². The number of anilines is 1. The van der Waals surface area contributed by atoms with E-state index in [1.165, 1.54) is 18.3 Å². The molecule has 0 radical (unpaired) electrons. The van der Waals surface area contributed by atoms with Gasteiger partial charge in [0.05, 0.1) is 10.0 Å². The molecule has 2 aromatic rings. The molecule has 1 aromatic carbocycles. The van der Waals surface area contributed by atoms with Gasteiger partial charge in [-0.15, -0.1) is 11.3 Å². The van der Waals surface area contributed by atoms with E-state index in [2.05, 4.69) is 10.3 Å². The van der Waals surface area contributed by atoms with Crippen LogP contribution in [-0.4, -0.2) is 33.6 Å². The lowest BCUT2D eigenvalue weighted by Gasteiger charge is -2.20. The molecule has 1 aliphatic heterocycles. The fourth-order valence-corrected chi connectivity index (χ4v) is 3.82. The summed E-state index contributed by atoms with van der Waals surface area (Å²) in [7, 11) is 0. The number of hydrogen-bond acceptors (Lipinski definition) is 5. The van der Waals surface area contributed by atoms with Gasteiger partial charge in [-0.2, -0.15) is 0 Å². The number of hydrogen-bond donors (Lipinski definition) is 1. The molecule has 0 aliphatic carbocycles. The normalized spacial score (nSPS) is 15.4. The molecule has 2 heterocycles. The SMILES string of the molecule is C[C@@H](C(=O)Nc1ncc(Cc2ccc(Cl)c(Cl)c2)s1)N1C(=O)CCC1=O. The van der Waals surface area contributed by atoms with Crippen LogP contribution in [0.2, 0.25) is 10.0 Å². The van der Waals surface area contributed by atoms with Crippen molar-refractivity contribution in [3.63, 3.8) is 0 Å². The highest BCUT2D eigenvalue weighted by Crippen LogP contribution is 2.26. The lowest BCUT2D eigenvalue weighted by Crippen LogP contribution is -2.44. The first-order chi connectivity index (χ1) is 12.3. The van der Waals surface area contributed by atoms with Gasteiger partial charge < -0.3 is 5.32 Å². The minimum atomic E-state index is -0.861. The summed E-state index contributed by atoms with van der Waals surface area (Å²) in [5.74, 6) is -1.08. The quantitative estimate of drug-likeness (QED) is 0.763. The summed E-state index contributed by atoms with van der Waals surface area (Å²) in [5.41, 5.74) is 0.975. The molecule has 1 fully saturated rings. The van der Waals surface area contributed by atoms with Crippen molar-refractivity contribution in [1.82, 2.24) is 9.88 Å². The number of halogens is 2. The molecule has 1 aliphatic rings. The van der Waals surface area contributed by atoms with Crippen LogP contribution in [0.1, 0.15) is 30.2 Å². The molecule has 0 bridgehead atoms. The summed E-state index contributed by atoms with van der Waals surface area (Å²) in [4.78, 5) is 41.9. The van der Waals surface area contributed by atoms with E-state index in [9.17, 15) is 14.4 Å². The van der Waals surface area contributed by atoms with Gasteiger partial charge in [-0.3, -0.25) is 19.3 Å². The highest BCUT2D eigenvalue weighted by atomic mass is 35.5. The third kappa shape index (κ3) is 4.06. The number of imide groups is 1. The Morgan fingerprint density at radius 3 is 2.62 bits per heavy atom. The number of thiazole rings is 1. The van der Waals surface area contributed by atoms with Crippen LogP contribution in [0.4, 0.5) is 5.13 Å². The van der Waals surface area contributed by atoms with Gasteiger partial charge in [0.1, 0.15) is 6.04 Å². The molecule has 0 spiro atoms. The first-order valence-electron chi connectivity index (χ1n) is 7.89. The van der Waals surface area contributed by atoms with E-state index in [1.54, 1.807) is 18.3 Å². The molecule has 3 amide bonds. The van der Waals surface area contributed by atoms with Crippen LogP contribution in [0.25, 0.3) is 0 Å². The van der Waals surface area contributed by atoms with Crippen LogP contribution in [0, 0.1) is 0 Å². The molecule has 1 aromatic heterocycles. The van der Waals surface area contributed by atoms with Gasteiger partial charge in [0.25, 0.3) is 0 Å². The Hall–Kier alpha value is -1.96. The number of benzene rings is 1. The maximum atomic E-state index is 12.3. The molecule has 26 heavy (non-hydrogen) atoms. The van der Waals surface area contributed by atoms with Gasteiger partial charge in [0, 0.05) is 30.3 Å². The average molecular weight is 412 g/mol. The summed E-state index contributed by atoms with van der Waals surface area (Å²) in [6.45, 7) is 1.53. The maximum Gasteiger partial charge on any atom is 0.249 e. The Bertz CT molecular complexity index is 868. The molecule has 9 heteroatoms. The average Bonchev–Trinajstić information content (AvgIpc) is 3.16. The minimum Gasteiger partial charge on any atom is -0.300 e. The molecule has 1 atom stereocenters. The standard InChI is InChI=1S/C17H15Cl2N3O3S/c1-9(22-14(23)4-5-15(22)24)16(25)21-17-20-8-11(26-17)6-10-2-3-12(18)13(19)7-10/h2-3,7-9H,4-6H2,1H3,(H,20,21,25)/t9-/m0/s1. The topological polar surface area (TPSA) is 79.4 Å². The van der Waals surface area contributed by atoms with Crippen LogP contribution in [0.5, 0.6) is 0 Å². The third-order valence-corrected chi connectivity index (χ3v) is 5.65. The number of rotatable bonds is 5. The van der Waals surface area contributed by atoms with Crippen molar-refractivity contribution in [2.75, 3.05) is 5.32 Å². The zero-order valence-electron chi connectivity index (χ0n) is 13.8. The molecule has 1 N–H and O–H groups in total. The van der Waals surface area contributed by atoms with Crippen molar-refractivity contribution in [2.24, 2.45) is 0 Å². The van der Waals surface area contributed by atoms with Crippen molar-refractivity contribution < 1.29 is 14.4 Å². The lowest BCUT2D eigenvalue weighted by atomic mass is 10.1. The van der Waals surface area contributed by atoms with Gasteiger partial charge >= 0.3 is 0 Å². The molecule has 6 nitrogen and oxygen atoms in total. The number of aromatic nitrogens is 1. The molecule has 0 saturated carbocycles. The summed E-state index contributed by atoms with van der Waals surface area (Å²) in [6.07, 6.45) is 2.58. The Kier molecular flexibility index (Phi) is 5.60. The van der Waals surface area contributed by atoms with E-state index in [-0.39, 0.29) is 24.7 Å². The Balaban J connectivity index is 1.64. The number of likely N-dealkylation sites (tertiary alicyclic amines) is 1. The first-order valence-corrected chi connectivity index (χ1v) is 9.47. The highest BCUT2D eigenvalue weighted by molar-refractivity contribution is 7.15. The maximum absolute atomic E-state index is 12.3. The fraction of sp³-hybridized carbons (Fsp3) is 0.294. The van der Waals surface area contributed by atoms with Crippen molar-refractivity contribution >= 4 is 57.4 Å². The van der Waals surface area contributed by atoms with Gasteiger partial charge in [0.2, 0.25) is 17.7 Å². The molecule has 1 saturated heterocycles. The fourth-order valence-electron chi connectivity index (χ4n) is 2.65. The van der Waals surface area contributed by atoms with E-state index >= 15 is 0 Å². The molecular weight excluding hydrogens is 397 g/mol. The summed E-state index contributed by atoms with van der Waals surface area (Å²) in [6, 6.07) is 4.53.